The standard InChI is InChI=1S/C2H6O3S.5FH/c1-2-6(3,4)5;;;;;/h2H2,1H3,(H,3,4,5);5*1H. The van der Waals surface area contributed by atoms with Crippen LogP contribution in [0.4, 0.5) is 23.5 Å². The highest BCUT2D eigenvalue weighted by atomic mass is 32.2. The van der Waals surface area contributed by atoms with Crippen LogP contribution in [-0.2, 0) is 10.1 Å². The Balaban J connectivity index is -0.0000000125. The molecule has 0 heterocycles. The van der Waals surface area contributed by atoms with Gasteiger partial charge < -0.3 is 0 Å². The summed E-state index contributed by atoms with van der Waals surface area (Å²) in [5.41, 5.74) is 0. The Kier molecular flexibility index (Phi) is 68.7. The third-order valence-electron chi connectivity index (χ3n) is 0.365. The molecule has 0 aliphatic heterocycles. The van der Waals surface area contributed by atoms with Gasteiger partial charge in [0.2, 0.25) is 0 Å². The zero-order valence-corrected chi connectivity index (χ0v) is 6.24. The Morgan fingerprint density at radius 1 is 1.00 bits per heavy atom. The first-order valence-corrected chi connectivity index (χ1v) is 3.12. The normalized spacial score (nSPS) is 6.36. The van der Waals surface area contributed by atoms with Crippen molar-refractivity contribution in [2.45, 2.75) is 6.92 Å². The fourth-order valence-corrected chi connectivity index (χ4v) is 0. The predicted molar refractivity (Wildman–Crippen MR) is 34.6 cm³/mol. The lowest BCUT2D eigenvalue weighted by Crippen LogP contribution is -1.97. The largest absolute Gasteiger partial charge is 0.286 e. The van der Waals surface area contributed by atoms with Crippen molar-refractivity contribution in [3.8, 4) is 0 Å². The average molecular weight is 210 g/mol. The van der Waals surface area contributed by atoms with Crippen molar-refractivity contribution in [2.24, 2.45) is 0 Å². The van der Waals surface area contributed by atoms with E-state index < -0.39 is 10.1 Å². The maximum atomic E-state index is 9.56. The van der Waals surface area contributed by atoms with Gasteiger partial charge in [0.1, 0.15) is 0 Å². The molecule has 0 bridgehead atoms. The molecule has 3 nitrogen and oxygen atoms in total. The van der Waals surface area contributed by atoms with Gasteiger partial charge in [0.15, 0.2) is 0 Å². The van der Waals surface area contributed by atoms with Gasteiger partial charge >= 0.3 is 0 Å². The van der Waals surface area contributed by atoms with Gasteiger partial charge in [0, 0.05) is 0 Å². The Morgan fingerprint density at radius 3 is 1.09 bits per heavy atom. The molecule has 0 radical (unpaired) electrons. The minimum absolute atomic E-state index is 0. The zero-order valence-electron chi connectivity index (χ0n) is 5.42. The highest BCUT2D eigenvalue weighted by Crippen LogP contribution is 1.74. The lowest BCUT2D eigenvalue weighted by atomic mass is 11.0. The van der Waals surface area contributed by atoms with Crippen LogP contribution < -0.4 is 0 Å². The van der Waals surface area contributed by atoms with E-state index in [9.17, 15) is 8.42 Å². The van der Waals surface area contributed by atoms with Crippen molar-refractivity contribution in [3.05, 3.63) is 0 Å². The fraction of sp³-hybridized carbons (Fsp3) is 1.00. The third-order valence-corrected chi connectivity index (χ3v) is 1.09. The molecule has 9 heteroatoms. The molecule has 0 saturated heterocycles. The Labute approximate surface area is 60.4 Å². The number of halogens is 5. The van der Waals surface area contributed by atoms with Crippen LogP contribution in [0.25, 0.3) is 0 Å². The molecule has 0 atom stereocenters. The Bertz CT molecular complexity index is 122. The first-order valence-electron chi connectivity index (χ1n) is 1.51. The van der Waals surface area contributed by atoms with Crippen LogP contribution in [0.3, 0.4) is 0 Å². The molecule has 0 rings (SSSR count). The van der Waals surface area contributed by atoms with E-state index in [1.807, 2.05) is 0 Å². The summed E-state index contributed by atoms with van der Waals surface area (Å²) in [6.07, 6.45) is 0. The summed E-state index contributed by atoms with van der Waals surface area (Å²) in [5, 5.41) is 0. The predicted octanol–water partition coefficient (Wildman–Crippen LogP) is 0.657. The van der Waals surface area contributed by atoms with Gasteiger partial charge in [-0.2, -0.15) is 8.42 Å². The topological polar surface area (TPSA) is 54.4 Å². The van der Waals surface area contributed by atoms with Gasteiger partial charge in [-0.3, -0.25) is 28.1 Å². The van der Waals surface area contributed by atoms with Crippen LogP contribution in [-0.4, -0.2) is 18.7 Å². The molecule has 0 amide bonds. The maximum Gasteiger partial charge on any atom is 0.264 e. The highest BCUT2D eigenvalue weighted by molar-refractivity contribution is 7.85. The van der Waals surface area contributed by atoms with Crippen LogP contribution >= 0.6 is 0 Å². The van der Waals surface area contributed by atoms with E-state index in [4.69, 9.17) is 4.55 Å². The van der Waals surface area contributed by atoms with Crippen molar-refractivity contribution in [3.63, 3.8) is 0 Å². The van der Waals surface area contributed by atoms with Crippen molar-refractivity contribution < 1.29 is 36.5 Å². The summed E-state index contributed by atoms with van der Waals surface area (Å²) in [5.74, 6) is -0.201. The molecule has 0 aromatic heterocycles. The van der Waals surface area contributed by atoms with Gasteiger partial charge in [0.05, 0.1) is 5.75 Å². The molecule has 0 aromatic carbocycles. The smallest absolute Gasteiger partial charge is 0.264 e. The Hall–Kier alpha value is -0.440. The molecule has 0 saturated carbocycles. The minimum atomic E-state index is -3.66. The molecule has 0 unspecified atom stereocenters. The second kappa shape index (κ2) is 16.3. The van der Waals surface area contributed by atoms with Crippen molar-refractivity contribution in [1.29, 1.82) is 0 Å². The zero-order chi connectivity index (χ0) is 5.21. The van der Waals surface area contributed by atoms with Crippen LogP contribution in [0.5, 0.6) is 0 Å². The summed E-state index contributed by atoms with van der Waals surface area (Å²) < 4.78 is 26.9. The third kappa shape index (κ3) is 83.4. The first kappa shape index (κ1) is 46.4. The average Bonchev–Trinajstić information content (AvgIpc) is 1.35. The van der Waals surface area contributed by atoms with Crippen molar-refractivity contribution in [2.75, 3.05) is 5.75 Å². The number of hydrogen-bond donors (Lipinski definition) is 1. The second-order valence-corrected chi connectivity index (χ2v) is 2.61. The summed E-state index contributed by atoms with van der Waals surface area (Å²) in [7, 11) is -3.66. The van der Waals surface area contributed by atoms with Gasteiger partial charge in [-0.15, -0.1) is 0 Å². The molecular weight excluding hydrogens is 199 g/mol. The van der Waals surface area contributed by atoms with Crippen molar-refractivity contribution >= 4 is 10.1 Å². The number of rotatable bonds is 1. The van der Waals surface area contributed by atoms with E-state index in [2.05, 4.69) is 0 Å². The lowest BCUT2D eigenvalue weighted by molar-refractivity contribution is 0.484. The van der Waals surface area contributed by atoms with Crippen LogP contribution in [0.1, 0.15) is 6.92 Å². The monoisotopic (exact) mass is 210 g/mol. The number of hydrogen-bond acceptors (Lipinski definition) is 2. The van der Waals surface area contributed by atoms with Crippen molar-refractivity contribution in [1.82, 2.24) is 0 Å². The van der Waals surface area contributed by atoms with Gasteiger partial charge in [-0.25, -0.2) is 0 Å². The first-order chi connectivity index (χ1) is 2.56. The molecule has 1 N–H and O–H groups in total. The second-order valence-electron chi connectivity index (χ2n) is 0.871. The maximum absolute atomic E-state index is 9.56. The molecule has 78 valence electrons. The van der Waals surface area contributed by atoms with Gasteiger partial charge in [0.25, 0.3) is 10.1 Å². The van der Waals surface area contributed by atoms with E-state index in [1.165, 1.54) is 6.92 Å². The highest BCUT2D eigenvalue weighted by Gasteiger charge is 1.93. The molecule has 0 spiro atoms. The van der Waals surface area contributed by atoms with Gasteiger partial charge in [-0.1, -0.05) is 0 Å². The molecular formula is C2H11F5O3S. The van der Waals surface area contributed by atoms with E-state index in [0.29, 0.717) is 0 Å². The molecule has 0 aliphatic carbocycles. The van der Waals surface area contributed by atoms with E-state index >= 15 is 0 Å². The summed E-state index contributed by atoms with van der Waals surface area (Å²) in [6.45, 7) is 1.37. The molecule has 0 aromatic rings. The fourth-order valence-electron chi connectivity index (χ4n) is 0. The lowest BCUT2D eigenvalue weighted by Gasteiger charge is -1.79. The van der Waals surface area contributed by atoms with E-state index in [0.717, 1.165) is 0 Å². The summed E-state index contributed by atoms with van der Waals surface area (Å²) >= 11 is 0. The minimum Gasteiger partial charge on any atom is -0.286 e. The van der Waals surface area contributed by atoms with Gasteiger partial charge in [-0.05, 0) is 6.92 Å². The van der Waals surface area contributed by atoms with Crippen LogP contribution in [0.2, 0.25) is 0 Å². The SMILES string of the molecule is CCS(=O)(=O)O.F.F.F.F.F. The molecule has 0 aliphatic rings. The Morgan fingerprint density at radius 2 is 1.09 bits per heavy atom. The molecule has 0 fully saturated rings. The van der Waals surface area contributed by atoms with E-state index in [1.54, 1.807) is 0 Å². The summed E-state index contributed by atoms with van der Waals surface area (Å²) in [6, 6.07) is 0. The van der Waals surface area contributed by atoms with Crippen LogP contribution in [0.15, 0.2) is 0 Å². The van der Waals surface area contributed by atoms with Crippen LogP contribution in [0, 0.1) is 0 Å². The molecule has 11 heavy (non-hydrogen) atoms. The quantitative estimate of drug-likeness (QED) is 0.511. The summed E-state index contributed by atoms with van der Waals surface area (Å²) in [4.78, 5) is 0. The van der Waals surface area contributed by atoms with E-state index in [-0.39, 0.29) is 29.3 Å².